The molecule has 2 N–H and O–H groups in total. The lowest BCUT2D eigenvalue weighted by atomic mass is 10.2. The molecule has 1 amide bonds. The summed E-state index contributed by atoms with van der Waals surface area (Å²) in [5.41, 5.74) is 1.34. The molecule has 0 atom stereocenters. The van der Waals surface area contributed by atoms with Crippen LogP contribution in [0.4, 0.5) is 0 Å². The fraction of sp³-hybridized carbons (Fsp3) is 0.211. The van der Waals surface area contributed by atoms with Crippen molar-refractivity contribution in [3.63, 3.8) is 0 Å². The maximum absolute atomic E-state index is 12.0. The third-order valence-electron chi connectivity index (χ3n) is 3.94. The zero-order chi connectivity index (χ0) is 20.0. The van der Waals surface area contributed by atoms with Gasteiger partial charge in [0.05, 0.1) is 11.4 Å². The predicted octanol–water partition coefficient (Wildman–Crippen LogP) is 0.975. The molecule has 146 valence electrons. The maximum atomic E-state index is 12.0. The molecule has 0 saturated heterocycles. The molecular formula is C19H19N3O5S. The molecule has 1 heterocycles. The van der Waals surface area contributed by atoms with Crippen LogP contribution < -0.4 is 10.0 Å². The first kappa shape index (κ1) is 19.6. The van der Waals surface area contributed by atoms with E-state index in [1.807, 2.05) is 30.3 Å². The van der Waals surface area contributed by atoms with Gasteiger partial charge >= 0.3 is 5.97 Å². The molecule has 2 aromatic carbocycles. The lowest BCUT2D eigenvalue weighted by Gasteiger charge is -2.06. The molecule has 0 aromatic heterocycles. The van der Waals surface area contributed by atoms with Crippen molar-refractivity contribution in [2.24, 2.45) is 4.99 Å². The van der Waals surface area contributed by atoms with Crippen LogP contribution in [-0.4, -0.2) is 39.2 Å². The lowest BCUT2D eigenvalue weighted by molar-refractivity contribution is -0.145. The number of nitrogens with one attached hydrogen (secondary N) is 2. The Morgan fingerprint density at radius 3 is 2.54 bits per heavy atom. The summed E-state index contributed by atoms with van der Waals surface area (Å²) in [7, 11) is -3.60. The number of amides is 1. The number of sulfonamides is 1. The Morgan fingerprint density at radius 1 is 1.04 bits per heavy atom. The number of fused-ring (bicyclic) bond motifs is 1. The van der Waals surface area contributed by atoms with Crippen LogP contribution in [0.3, 0.4) is 0 Å². The number of ether oxygens (including phenoxy) is 1. The van der Waals surface area contributed by atoms with Gasteiger partial charge in [0.25, 0.3) is 10.0 Å². The number of hydrogen-bond donors (Lipinski definition) is 2. The summed E-state index contributed by atoms with van der Waals surface area (Å²) in [5.74, 6) is -0.707. The van der Waals surface area contributed by atoms with E-state index in [1.165, 1.54) is 6.07 Å². The van der Waals surface area contributed by atoms with E-state index in [-0.39, 0.29) is 42.8 Å². The van der Waals surface area contributed by atoms with Crippen LogP contribution in [0.1, 0.15) is 17.5 Å². The van der Waals surface area contributed by atoms with Crippen LogP contribution in [0, 0.1) is 0 Å². The number of esters is 1. The van der Waals surface area contributed by atoms with Gasteiger partial charge in [0.15, 0.2) is 0 Å². The standard InChI is InChI=1S/C19H19N3O5S/c23-17(21-12-18(24)27-13-14-6-2-1-3-7-14)10-11-20-19-15-8-4-5-9-16(15)28(25,26)22-19/h1-9H,10-13H2,(H,20,22)(H,21,23). The van der Waals surface area contributed by atoms with Crippen molar-refractivity contribution in [2.75, 3.05) is 13.1 Å². The van der Waals surface area contributed by atoms with Crippen LogP contribution in [0.2, 0.25) is 0 Å². The van der Waals surface area contributed by atoms with Gasteiger partial charge in [-0.3, -0.25) is 19.3 Å². The number of amidine groups is 1. The number of hydrogen-bond acceptors (Lipinski definition) is 6. The molecule has 1 aliphatic heterocycles. The Bertz CT molecular complexity index is 1000. The molecular weight excluding hydrogens is 382 g/mol. The van der Waals surface area contributed by atoms with E-state index in [0.29, 0.717) is 5.56 Å². The summed E-state index contributed by atoms with van der Waals surface area (Å²) < 4.78 is 31.4. The Labute approximate surface area is 162 Å². The first-order valence-electron chi connectivity index (χ1n) is 8.58. The monoisotopic (exact) mass is 401 g/mol. The highest BCUT2D eigenvalue weighted by Crippen LogP contribution is 2.22. The number of rotatable bonds is 7. The Hall–Kier alpha value is -3.20. The minimum Gasteiger partial charge on any atom is -0.460 e. The van der Waals surface area contributed by atoms with Gasteiger partial charge in [0.2, 0.25) is 5.91 Å². The first-order chi connectivity index (χ1) is 13.5. The number of carbonyl (C=O) groups excluding carboxylic acids is 2. The van der Waals surface area contributed by atoms with Crippen molar-refractivity contribution < 1.29 is 22.7 Å². The summed E-state index contributed by atoms with van der Waals surface area (Å²) >= 11 is 0. The predicted molar refractivity (Wildman–Crippen MR) is 102 cm³/mol. The highest BCUT2D eigenvalue weighted by atomic mass is 32.2. The molecule has 28 heavy (non-hydrogen) atoms. The summed E-state index contributed by atoms with van der Waals surface area (Å²) in [6, 6.07) is 15.7. The minimum absolute atomic E-state index is 0.0133. The average Bonchev–Trinajstić information content (AvgIpc) is 2.96. The Balaban J connectivity index is 1.43. The largest absolute Gasteiger partial charge is 0.460 e. The molecule has 2 aromatic rings. The third kappa shape index (κ3) is 4.95. The summed E-state index contributed by atoms with van der Waals surface area (Å²) in [5, 5.41) is 2.46. The second kappa shape index (κ2) is 8.66. The molecule has 0 bridgehead atoms. The van der Waals surface area contributed by atoms with Gasteiger partial charge in [-0.25, -0.2) is 8.42 Å². The van der Waals surface area contributed by atoms with Gasteiger partial charge in [0, 0.05) is 12.0 Å². The van der Waals surface area contributed by atoms with Crippen molar-refractivity contribution in [1.29, 1.82) is 0 Å². The second-order valence-electron chi connectivity index (χ2n) is 6.00. The van der Waals surface area contributed by atoms with E-state index in [1.54, 1.807) is 18.2 Å². The van der Waals surface area contributed by atoms with E-state index in [0.717, 1.165) is 5.56 Å². The quantitative estimate of drug-likeness (QED) is 0.671. The first-order valence-corrected chi connectivity index (χ1v) is 10.1. The topological polar surface area (TPSA) is 114 Å². The molecule has 0 radical (unpaired) electrons. The van der Waals surface area contributed by atoms with Gasteiger partial charge in [-0.1, -0.05) is 42.5 Å². The highest BCUT2D eigenvalue weighted by molar-refractivity contribution is 7.90. The minimum atomic E-state index is -3.60. The zero-order valence-electron chi connectivity index (χ0n) is 14.9. The van der Waals surface area contributed by atoms with Gasteiger partial charge in [-0.05, 0) is 17.7 Å². The highest BCUT2D eigenvalue weighted by Gasteiger charge is 2.29. The second-order valence-corrected chi connectivity index (χ2v) is 7.66. The Morgan fingerprint density at radius 2 is 1.75 bits per heavy atom. The molecule has 1 aliphatic rings. The Kier molecular flexibility index (Phi) is 6.05. The summed E-state index contributed by atoms with van der Waals surface area (Å²) in [4.78, 5) is 27.8. The number of benzene rings is 2. The average molecular weight is 401 g/mol. The van der Waals surface area contributed by atoms with Crippen LogP contribution >= 0.6 is 0 Å². The van der Waals surface area contributed by atoms with E-state index < -0.39 is 16.0 Å². The molecule has 9 heteroatoms. The van der Waals surface area contributed by atoms with E-state index in [9.17, 15) is 18.0 Å². The number of carbonyl (C=O) groups is 2. The molecule has 0 spiro atoms. The fourth-order valence-corrected chi connectivity index (χ4v) is 3.82. The van der Waals surface area contributed by atoms with E-state index >= 15 is 0 Å². The molecule has 0 unspecified atom stereocenters. The van der Waals surface area contributed by atoms with Crippen molar-refractivity contribution in [3.8, 4) is 0 Å². The SMILES string of the molecule is O=C(CCN=C1NS(=O)(=O)c2ccccc21)NCC(=O)OCc1ccccc1. The summed E-state index contributed by atoms with van der Waals surface area (Å²) in [6.45, 7) is -0.0163. The van der Waals surface area contributed by atoms with Crippen molar-refractivity contribution >= 4 is 27.7 Å². The van der Waals surface area contributed by atoms with Crippen molar-refractivity contribution in [3.05, 3.63) is 65.7 Å². The zero-order valence-corrected chi connectivity index (χ0v) is 15.7. The maximum Gasteiger partial charge on any atom is 0.325 e. The van der Waals surface area contributed by atoms with Crippen molar-refractivity contribution in [2.45, 2.75) is 17.9 Å². The van der Waals surface area contributed by atoms with E-state index in [2.05, 4.69) is 15.0 Å². The molecule has 0 saturated carbocycles. The third-order valence-corrected chi connectivity index (χ3v) is 5.34. The number of aliphatic imine (C=N–C) groups is 1. The van der Waals surface area contributed by atoms with Gasteiger partial charge in [-0.15, -0.1) is 0 Å². The summed E-state index contributed by atoms with van der Waals surface area (Å²) in [6.07, 6.45) is 0.0133. The van der Waals surface area contributed by atoms with Crippen LogP contribution in [0.5, 0.6) is 0 Å². The number of nitrogens with zero attached hydrogens (tertiary/aromatic N) is 1. The molecule has 8 nitrogen and oxygen atoms in total. The molecule has 0 fully saturated rings. The van der Waals surface area contributed by atoms with Crippen LogP contribution in [-0.2, 0) is 31.0 Å². The van der Waals surface area contributed by atoms with Gasteiger partial charge < -0.3 is 10.1 Å². The lowest BCUT2D eigenvalue weighted by Crippen LogP contribution is -2.31. The van der Waals surface area contributed by atoms with Crippen molar-refractivity contribution in [1.82, 2.24) is 10.0 Å². The van der Waals surface area contributed by atoms with Gasteiger partial charge in [-0.2, -0.15) is 0 Å². The normalized spacial score (nSPS) is 15.5. The smallest absolute Gasteiger partial charge is 0.325 e. The van der Waals surface area contributed by atoms with Crippen LogP contribution in [0.25, 0.3) is 0 Å². The van der Waals surface area contributed by atoms with Gasteiger partial charge in [0.1, 0.15) is 19.0 Å². The van der Waals surface area contributed by atoms with E-state index in [4.69, 9.17) is 4.74 Å². The van der Waals surface area contributed by atoms with Crippen LogP contribution in [0.15, 0.2) is 64.5 Å². The molecule has 0 aliphatic carbocycles. The molecule has 3 rings (SSSR count). The fourth-order valence-electron chi connectivity index (χ4n) is 2.57.